The fraction of sp³-hybridized carbons (Fsp3) is 0.857. The largest absolute Gasteiger partial charge is 0.357 e. The molecule has 0 unspecified atom stereocenters. The molecule has 0 saturated carbocycles. The van der Waals surface area contributed by atoms with Crippen LogP contribution in [0.3, 0.4) is 0 Å². The third kappa shape index (κ3) is 7.70. The second kappa shape index (κ2) is 8.77. The fourth-order valence-electron chi connectivity index (χ4n) is 1.39. The third-order valence-corrected chi connectivity index (χ3v) is 2.61. The molecule has 5 nitrogen and oxygen atoms in total. The number of hydrogen-bond acceptors (Lipinski definition) is 2. The van der Waals surface area contributed by atoms with Gasteiger partial charge in [0.1, 0.15) is 0 Å². The molecule has 0 atom stereocenters. The second-order valence-electron chi connectivity index (χ2n) is 5.71. The van der Waals surface area contributed by atoms with Crippen LogP contribution < -0.4 is 16.0 Å². The Kier molecular flexibility index (Phi) is 8.19. The van der Waals surface area contributed by atoms with Crippen LogP contribution in [-0.2, 0) is 4.79 Å². The van der Waals surface area contributed by atoms with E-state index in [-0.39, 0.29) is 5.91 Å². The van der Waals surface area contributed by atoms with Crippen molar-refractivity contribution in [3.63, 3.8) is 0 Å². The molecule has 1 amide bonds. The standard InChI is InChI=1S/C14H30N4O/c1-7-15-12(19)14(5,6)10-18-13(16-8-2)17-9-11(3)4/h11H,7-10H2,1-6H3,(H,15,19)(H2,16,17,18). The average molecular weight is 270 g/mol. The van der Waals surface area contributed by atoms with Crippen LogP contribution in [0.4, 0.5) is 0 Å². The van der Waals surface area contributed by atoms with Crippen LogP contribution in [0.15, 0.2) is 4.99 Å². The van der Waals surface area contributed by atoms with Crippen molar-refractivity contribution in [1.82, 2.24) is 16.0 Å². The maximum atomic E-state index is 11.9. The molecule has 0 bridgehead atoms. The lowest BCUT2D eigenvalue weighted by Crippen LogP contribution is -2.42. The Labute approximate surface area is 117 Å². The summed E-state index contributed by atoms with van der Waals surface area (Å²) in [6.45, 7) is 14.9. The molecule has 5 heteroatoms. The number of guanidine groups is 1. The number of amides is 1. The van der Waals surface area contributed by atoms with Gasteiger partial charge in [-0.25, -0.2) is 0 Å². The van der Waals surface area contributed by atoms with Gasteiger partial charge in [-0.3, -0.25) is 9.79 Å². The molecule has 112 valence electrons. The number of rotatable bonds is 7. The molecule has 0 heterocycles. The number of carbonyl (C=O) groups excluding carboxylic acids is 1. The zero-order valence-electron chi connectivity index (χ0n) is 13.3. The van der Waals surface area contributed by atoms with Crippen molar-refractivity contribution in [3.8, 4) is 0 Å². The highest BCUT2D eigenvalue weighted by Crippen LogP contribution is 2.15. The number of nitrogens with one attached hydrogen (secondary N) is 3. The number of carbonyl (C=O) groups is 1. The first-order valence-corrected chi connectivity index (χ1v) is 7.14. The van der Waals surface area contributed by atoms with Crippen LogP contribution in [0.25, 0.3) is 0 Å². The first-order chi connectivity index (χ1) is 8.83. The lowest BCUT2D eigenvalue weighted by atomic mass is 9.92. The van der Waals surface area contributed by atoms with Crippen LogP contribution in [0.2, 0.25) is 0 Å². The smallest absolute Gasteiger partial charge is 0.227 e. The summed E-state index contributed by atoms with van der Waals surface area (Å²) in [4.78, 5) is 16.4. The first-order valence-electron chi connectivity index (χ1n) is 7.14. The van der Waals surface area contributed by atoms with Crippen molar-refractivity contribution in [1.29, 1.82) is 0 Å². The van der Waals surface area contributed by atoms with E-state index in [4.69, 9.17) is 0 Å². The highest BCUT2D eigenvalue weighted by Gasteiger charge is 2.26. The van der Waals surface area contributed by atoms with Crippen molar-refractivity contribution in [2.75, 3.05) is 26.2 Å². The molecule has 0 fully saturated rings. The fourth-order valence-corrected chi connectivity index (χ4v) is 1.39. The van der Waals surface area contributed by atoms with E-state index >= 15 is 0 Å². The molecule has 0 aliphatic heterocycles. The minimum atomic E-state index is -0.490. The molecule has 0 radical (unpaired) electrons. The first kappa shape index (κ1) is 17.7. The van der Waals surface area contributed by atoms with E-state index in [9.17, 15) is 4.79 Å². The van der Waals surface area contributed by atoms with E-state index in [0.717, 1.165) is 19.0 Å². The minimum Gasteiger partial charge on any atom is -0.357 e. The van der Waals surface area contributed by atoms with Crippen LogP contribution in [0.1, 0.15) is 41.5 Å². The SMILES string of the molecule is CCNC(=O)C(C)(C)CN=C(NCC)NCC(C)C. The van der Waals surface area contributed by atoms with Gasteiger partial charge in [0.25, 0.3) is 0 Å². The van der Waals surface area contributed by atoms with E-state index in [1.165, 1.54) is 0 Å². The van der Waals surface area contributed by atoms with Gasteiger partial charge in [0.05, 0.1) is 12.0 Å². The quantitative estimate of drug-likeness (QED) is 0.483. The maximum absolute atomic E-state index is 11.9. The van der Waals surface area contributed by atoms with Crippen molar-refractivity contribution < 1.29 is 4.79 Å². The topological polar surface area (TPSA) is 65.5 Å². The van der Waals surface area contributed by atoms with Gasteiger partial charge in [0.15, 0.2) is 5.96 Å². The summed E-state index contributed by atoms with van der Waals surface area (Å²) >= 11 is 0. The lowest BCUT2D eigenvalue weighted by Gasteiger charge is -2.22. The van der Waals surface area contributed by atoms with Crippen molar-refractivity contribution >= 4 is 11.9 Å². The number of nitrogens with zero attached hydrogens (tertiary/aromatic N) is 1. The van der Waals surface area contributed by atoms with Gasteiger partial charge in [0.2, 0.25) is 5.91 Å². The van der Waals surface area contributed by atoms with E-state index in [0.29, 0.717) is 19.0 Å². The molecule has 0 saturated heterocycles. The van der Waals surface area contributed by atoms with Gasteiger partial charge in [-0.15, -0.1) is 0 Å². The molecule has 19 heavy (non-hydrogen) atoms. The summed E-state index contributed by atoms with van der Waals surface area (Å²) in [6.07, 6.45) is 0. The molecule has 0 aromatic heterocycles. The highest BCUT2D eigenvalue weighted by atomic mass is 16.2. The summed E-state index contributed by atoms with van der Waals surface area (Å²) in [5, 5.41) is 9.30. The molecule has 0 aromatic carbocycles. The average Bonchev–Trinajstić information content (AvgIpc) is 2.33. The Morgan fingerprint density at radius 1 is 1.11 bits per heavy atom. The minimum absolute atomic E-state index is 0.0402. The van der Waals surface area contributed by atoms with E-state index in [1.807, 2.05) is 27.7 Å². The van der Waals surface area contributed by atoms with E-state index < -0.39 is 5.41 Å². The summed E-state index contributed by atoms with van der Waals surface area (Å²) in [5.41, 5.74) is -0.490. The van der Waals surface area contributed by atoms with Gasteiger partial charge in [-0.2, -0.15) is 0 Å². The molecule has 0 aliphatic carbocycles. The van der Waals surface area contributed by atoms with Gasteiger partial charge in [-0.1, -0.05) is 13.8 Å². The molecular weight excluding hydrogens is 240 g/mol. The Bertz CT molecular complexity index is 298. The van der Waals surface area contributed by atoms with Gasteiger partial charge >= 0.3 is 0 Å². The second-order valence-corrected chi connectivity index (χ2v) is 5.71. The zero-order valence-corrected chi connectivity index (χ0v) is 13.3. The summed E-state index contributed by atoms with van der Waals surface area (Å²) in [5.74, 6) is 1.37. The molecule has 0 rings (SSSR count). The molecule has 0 aromatic rings. The zero-order chi connectivity index (χ0) is 14.9. The predicted molar refractivity (Wildman–Crippen MR) is 81.3 cm³/mol. The number of aliphatic imine (C=N–C) groups is 1. The monoisotopic (exact) mass is 270 g/mol. The predicted octanol–water partition coefficient (Wildman–Crippen LogP) is 1.36. The summed E-state index contributed by atoms with van der Waals surface area (Å²) in [7, 11) is 0. The van der Waals surface area contributed by atoms with Crippen LogP contribution >= 0.6 is 0 Å². The van der Waals surface area contributed by atoms with Crippen molar-refractivity contribution in [2.45, 2.75) is 41.5 Å². The lowest BCUT2D eigenvalue weighted by molar-refractivity contribution is -0.128. The normalized spacial score (nSPS) is 12.5. The van der Waals surface area contributed by atoms with E-state index in [1.54, 1.807) is 0 Å². The summed E-state index contributed by atoms with van der Waals surface area (Å²) < 4.78 is 0. The highest BCUT2D eigenvalue weighted by molar-refractivity contribution is 5.83. The van der Waals surface area contributed by atoms with Crippen molar-refractivity contribution in [3.05, 3.63) is 0 Å². The Morgan fingerprint density at radius 3 is 2.16 bits per heavy atom. The molecule has 0 aliphatic rings. The Balaban J connectivity index is 4.53. The Morgan fingerprint density at radius 2 is 1.68 bits per heavy atom. The molecule has 0 spiro atoms. The van der Waals surface area contributed by atoms with Gasteiger partial charge in [-0.05, 0) is 33.6 Å². The summed E-state index contributed by atoms with van der Waals surface area (Å²) in [6, 6.07) is 0. The third-order valence-electron chi connectivity index (χ3n) is 2.61. The Hall–Kier alpha value is -1.26. The number of hydrogen-bond donors (Lipinski definition) is 3. The van der Waals surface area contributed by atoms with E-state index in [2.05, 4.69) is 34.8 Å². The van der Waals surface area contributed by atoms with Crippen LogP contribution in [0.5, 0.6) is 0 Å². The molecular formula is C14H30N4O. The van der Waals surface area contributed by atoms with Gasteiger partial charge in [0, 0.05) is 19.6 Å². The van der Waals surface area contributed by atoms with Crippen LogP contribution in [-0.4, -0.2) is 38.0 Å². The van der Waals surface area contributed by atoms with Gasteiger partial charge < -0.3 is 16.0 Å². The van der Waals surface area contributed by atoms with Crippen molar-refractivity contribution in [2.24, 2.45) is 16.3 Å². The molecule has 3 N–H and O–H groups in total. The maximum Gasteiger partial charge on any atom is 0.227 e. The van der Waals surface area contributed by atoms with Crippen LogP contribution in [0, 0.1) is 11.3 Å².